The molecule has 0 aliphatic heterocycles. The molecule has 0 bridgehead atoms. The zero-order valence-electron chi connectivity index (χ0n) is 24.8. The average molecular weight is 568 g/mol. The Balaban J connectivity index is 1.67. The topological polar surface area (TPSA) is 54.2 Å². The van der Waals surface area contributed by atoms with Crippen LogP contribution in [0.3, 0.4) is 0 Å². The van der Waals surface area contributed by atoms with Crippen molar-refractivity contribution in [2.45, 2.75) is 58.6 Å². The number of esters is 1. The van der Waals surface area contributed by atoms with Crippen molar-refractivity contribution in [3.8, 4) is 11.1 Å². The summed E-state index contributed by atoms with van der Waals surface area (Å²) in [5.41, 5.74) is 4.95. The van der Waals surface area contributed by atoms with Gasteiger partial charge in [0, 0.05) is 44.0 Å². The second-order valence-electron chi connectivity index (χ2n) is 11.2. The van der Waals surface area contributed by atoms with Gasteiger partial charge in [0.1, 0.15) is 5.82 Å². The number of halogens is 1. The van der Waals surface area contributed by atoms with Gasteiger partial charge in [-0.05, 0) is 85.4 Å². The number of ether oxygens (including phenoxy) is 1. The predicted molar refractivity (Wildman–Crippen MR) is 167 cm³/mol. The first-order valence-corrected chi connectivity index (χ1v) is 14.4. The molecule has 0 N–H and O–H groups in total. The Labute approximate surface area is 248 Å². The molecule has 0 spiro atoms. The molecule has 3 aromatic carbocycles. The summed E-state index contributed by atoms with van der Waals surface area (Å²) >= 11 is 0. The van der Waals surface area contributed by atoms with Crippen LogP contribution in [0.4, 0.5) is 21.5 Å². The van der Waals surface area contributed by atoms with Gasteiger partial charge in [0.25, 0.3) is 0 Å². The van der Waals surface area contributed by atoms with Gasteiger partial charge in [0.05, 0.1) is 12.7 Å². The molecule has 0 radical (unpaired) electrons. The number of carbonyl (C=O) groups is 2. The first-order chi connectivity index (χ1) is 20.1. The van der Waals surface area contributed by atoms with Crippen LogP contribution in [0, 0.1) is 18.3 Å². The molecular formula is C35H38FN3O3. The van der Waals surface area contributed by atoms with E-state index in [9.17, 15) is 14.0 Å². The third-order valence-electron chi connectivity index (χ3n) is 7.42. The van der Waals surface area contributed by atoms with Crippen LogP contribution >= 0.6 is 0 Å². The molecule has 1 fully saturated rings. The van der Waals surface area contributed by atoms with Crippen LogP contribution in [-0.2, 0) is 20.9 Å². The molecule has 0 aromatic heterocycles. The molecule has 3 aromatic rings. The maximum absolute atomic E-state index is 14.9. The van der Waals surface area contributed by atoms with Crippen molar-refractivity contribution in [2.75, 3.05) is 23.9 Å². The highest BCUT2D eigenvalue weighted by Crippen LogP contribution is 2.34. The van der Waals surface area contributed by atoms with Crippen LogP contribution in [0.15, 0.2) is 66.7 Å². The minimum atomic E-state index is -0.519. The van der Waals surface area contributed by atoms with E-state index in [-0.39, 0.29) is 24.5 Å². The second-order valence-corrected chi connectivity index (χ2v) is 11.2. The van der Waals surface area contributed by atoms with E-state index in [1.165, 1.54) is 24.3 Å². The Bertz CT molecular complexity index is 1480. The van der Waals surface area contributed by atoms with Gasteiger partial charge in [-0.2, -0.15) is 0 Å². The van der Waals surface area contributed by atoms with Crippen LogP contribution in [0.2, 0.25) is 0 Å². The molecular weight excluding hydrogens is 529 g/mol. The lowest BCUT2D eigenvalue weighted by Crippen LogP contribution is -2.36. The Morgan fingerprint density at radius 1 is 1.00 bits per heavy atom. The van der Waals surface area contributed by atoms with Crippen LogP contribution in [0.5, 0.6) is 0 Å². The molecule has 6 nitrogen and oxygen atoms in total. The van der Waals surface area contributed by atoms with E-state index in [0.29, 0.717) is 16.9 Å². The summed E-state index contributed by atoms with van der Waals surface area (Å²) in [4.78, 5) is 33.4. The van der Waals surface area contributed by atoms with Gasteiger partial charge >= 0.3 is 5.97 Å². The van der Waals surface area contributed by atoms with Gasteiger partial charge in [-0.3, -0.25) is 4.79 Å². The van der Waals surface area contributed by atoms with Gasteiger partial charge in [0.15, 0.2) is 5.69 Å². The monoisotopic (exact) mass is 567 g/mol. The molecule has 1 aliphatic carbocycles. The summed E-state index contributed by atoms with van der Waals surface area (Å²) in [7, 11) is 3.96. The van der Waals surface area contributed by atoms with Crippen molar-refractivity contribution >= 4 is 35.0 Å². The zero-order chi connectivity index (χ0) is 30.2. The maximum atomic E-state index is 14.9. The Kier molecular flexibility index (Phi) is 10.1. The summed E-state index contributed by atoms with van der Waals surface area (Å²) in [6.45, 7) is 11.6. The summed E-state index contributed by atoms with van der Waals surface area (Å²) in [6, 6.07) is 18.0. The summed E-state index contributed by atoms with van der Waals surface area (Å²) in [5, 5.41) is 0. The van der Waals surface area contributed by atoms with Crippen molar-refractivity contribution < 1.29 is 18.7 Å². The lowest BCUT2D eigenvalue weighted by atomic mass is 9.88. The third-order valence-corrected chi connectivity index (χ3v) is 7.42. The highest BCUT2D eigenvalue weighted by Gasteiger charge is 2.28. The minimum Gasteiger partial charge on any atom is -0.460 e. The molecule has 218 valence electrons. The standard InChI is InChI=1S/C35H38FN3O3/c1-24(2)42-34(40)18-12-25-19-29(36)22-31(20-25)39(35(41)28-9-7-6-8-10-28)23-26-11-17-32(33(21-26)37-3)27-13-15-30(16-14-27)38(4)5/h11-22,24,28H,6-10,23H2,1-2,4-5H3/b18-12+. The molecule has 0 unspecified atom stereocenters. The van der Waals surface area contributed by atoms with Crippen LogP contribution in [0.1, 0.15) is 57.1 Å². The minimum absolute atomic E-state index is 0.0536. The summed E-state index contributed by atoms with van der Waals surface area (Å²) in [6.07, 6.45) is 7.17. The molecule has 1 saturated carbocycles. The van der Waals surface area contributed by atoms with E-state index in [0.717, 1.165) is 54.5 Å². The van der Waals surface area contributed by atoms with Crippen molar-refractivity contribution in [1.29, 1.82) is 0 Å². The van der Waals surface area contributed by atoms with Crippen LogP contribution in [0.25, 0.3) is 22.0 Å². The SMILES string of the molecule is [C-]#[N+]c1cc(CN(C(=O)C2CCCCC2)c2cc(F)cc(/C=C/C(=O)OC(C)C)c2)ccc1-c1ccc(N(C)C)cc1. The molecule has 4 rings (SSSR count). The van der Waals surface area contributed by atoms with Gasteiger partial charge < -0.3 is 14.5 Å². The zero-order valence-corrected chi connectivity index (χ0v) is 24.8. The second kappa shape index (κ2) is 14.0. The van der Waals surface area contributed by atoms with Crippen molar-refractivity contribution in [1.82, 2.24) is 0 Å². The molecule has 42 heavy (non-hydrogen) atoms. The maximum Gasteiger partial charge on any atom is 0.331 e. The summed E-state index contributed by atoms with van der Waals surface area (Å²) in [5.74, 6) is -1.22. The third kappa shape index (κ3) is 7.85. The van der Waals surface area contributed by atoms with E-state index < -0.39 is 11.8 Å². The average Bonchev–Trinajstić information content (AvgIpc) is 2.98. The number of carbonyl (C=O) groups excluding carboxylic acids is 2. The van der Waals surface area contributed by atoms with E-state index in [2.05, 4.69) is 4.85 Å². The fraction of sp³-hybridized carbons (Fsp3) is 0.343. The smallest absolute Gasteiger partial charge is 0.331 e. The molecule has 0 heterocycles. The fourth-order valence-corrected chi connectivity index (χ4v) is 5.28. The van der Waals surface area contributed by atoms with Crippen LogP contribution < -0.4 is 9.80 Å². The van der Waals surface area contributed by atoms with Crippen LogP contribution in [-0.4, -0.2) is 32.1 Å². The van der Waals surface area contributed by atoms with Crippen molar-refractivity contribution in [3.05, 3.63) is 95.1 Å². The Morgan fingerprint density at radius 2 is 1.71 bits per heavy atom. The number of benzene rings is 3. The number of amides is 1. The van der Waals surface area contributed by atoms with E-state index >= 15 is 0 Å². The normalized spacial score (nSPS) is 13.6. The van der Waals surface area contributed by atoms with Gasteiger partial charge in [-0.25, -0.2) is 14.0 Å². The predicted octanol–water partition coefficient (Wildman–Crippen LogP) is 8.19. The number of rotatable bonds is 9. The highest BCUT2D eigenvalue weighted by atomic mass is 19.1. The first kappa shape index (κ1) is 30.5. The largest absolute Gasteiger partial charge is 0.460 e. The quantitative estimate of drug-likeness (QED) is 0.149. The van der Waals surface area contributed by atoms with Gasteiger partial charge in [-0.1, -0.05) is 49.6 Å². The number of nitrogens with zero attached hydrogens (tertiary/aromatic N) is 3. The van der Waals surface area contributed by atoms with E-state index in [1.807, 2.05) is 61.5 Å². The molecule has 1 amide bonds. The lowest BCUT2D eigenvalue weighted by molar-refractivity contribution is -0.141. The first-order valence-electron chi connectivity index (χ1n) is 14.4. The number of hydrogen-bond acceptors (Lipinski definition) is 4. The van der Waals surface area contributed by atoms with Gasteiger partial charge in [0.2, 0.25) is 5.91 Å². The fourth-order valence-electron chi connectivity index (χ4n) is 5.28. The summed E-state index contributed by atoms with van der Waals surface area (Å²) < 4.78 is 20.0. The molecule has 7 heteroatoms. The highest BCUT2D eigenvalue weighted by molar-refractivity contribution is 5.96. The molecule has 0 saturated heterocycles. The number of hydrogen-bond donors (Lipinski definition) is 0. The Morgan fingerprint density at radius 3 is 2.36 bits per heavy atom. The van der Waals surface area contributed by atoms with Crippen molar-refractivity contribution in [3.63, 3.8) is 0 Å². The van der Waals surface area contributed by atoms with Crippen molar-refractivity contribution in [2.24, 2.45) is 5.92 Å². The number of anilines is 2. The Hall–Kier alpha value is -4.44. The van der Waals surface area contributed by atoms with Gasteiger partial charge in [-0.15, -0.1) is 0 Å². The molecule has 1 aliphatic rings. The molecule has 0 atom stereocenters. The van der Waals surface area contributed by atoms with E-state index in [4.69, 9.17) is 11.3 Å². The van der Waals surface area contributed by atoms with E-state index in [1.54, 1.807) is 24.8 Å². The lowest BCUT2D eigenvalue weighted by Gasteiger charge is -2.30.